The molecule has 0 radical (unpaired) electrons. The number of aromatic nitrogens is 2. The Balaban J connectivity index is 1.50. The molecule has 1 amide bonds. The summed E-state index contributed by atoms with van der Waals surface area (Å²) in [6.07, 6.45) is -4.19. The zero-order valence-electron chi connectivity index (χ0n) is 15.1. The zero-order chi connectivity index (χ0) is 21.7. The topological polar surface area (TPSA) is 81.2 Å². The maximum absolute atomic E-state index is 12.6. The molecule has 0 aliphatic carbocycles. The Hall–Kier alpha value is -2.98. The van der Waals surface area contributed by atoms with Crippen molar-refractivity contribution in [3.63, 3.8) is 0 Å². The molecule has 11 heteroatoms. The van der Waals surface area contributed by atoms with E-state index in [1.807, 2.05) is 30.3 Å². The Kier molecular flexibility index (Phi) is 6.68. The number of nitrogens with zero attached hydrogens (tertiary/aromatic N) is 2. The normalized spacial score (nSPS) is 11.2. The largest absolute Gasteiger partial charge is 0.455 e. The van der Waals surface area contributed by atoms with Crippen LogP contribution in [0.5, 0.6) is 0 Å². The molecule has 0 bridgehead atoms. The Labute approximate surface area is 177 Å². The van der Waals surface area contributed by atoms with Gasteiger partial charge in [0, 0.05) is 17.1 Å². The molecule has 1 N–H and O–H groups in total. The minimum atomic E-state index is -4.61. The number of carbonyl (C=O) groups is 2. The first-order valence-corrected chi connectivity index (χ1v) is 9.66. The molecule has 0 saturated heterocycles. The van der Waals surface area contributed by atoms with Gasteiger partial charge >= 0.3 is 12.1 Å². The summed E-state index contributed by atoms with van der Waals surface area (Å²) < 4.78 is 42.7. The van der Waals surface area contributed by atoms with Crippen LogP contribution in [0.4, 0.5) is 19.0 Å². The summed E-state index contributed by atoms with van der Waals surface area (Å²) in [5.41, 5.74) is 0.370. The molecule has 3 rings (SSSR count). The monoisotopic (exact) mass is 455 g/mol. The third-order valence-corrected chi connectivity index (χ3v) is 4.92. The number of carbonyl (C=O) groups excluding carboxylic acids is 2. The number of hydrogen-bond donors (Lipinski definition) is 1. The third-order valence-electron chi connectivity index (χ3n) is 3.69. The molecule has 0 aliphatic heterocycles. The summed E-state index contributed by atoms with van der Waals surface area (Å²) in [4.78, 5) is 31.6. The number of halogens is 4. The van der Waals surface area contributed by atoms with E-state index in [9.17, 15) is 22.8 Å². The molecule has 0 unspecified atom stereocenters. The quantitative estimate of drug-likeness (QED) is 0.549. The van der Waals surface area contributed by atoms with Crippen molar-refractivity contribution in [3.8, 4) is 10.6 Å². The maximum Gasteiger partial charge on any atom is 0.417 e. The van der Waals surface area contributed by atoms with Crippen molar-refractivity contribution in [1.29, 1.82) is 0 Å². The predicted molar refractivity (Wildman–Crippen MR) is 105 cm³/mol. The molecule has 0 saturated carbocycles. The summed E-state index contributed by atoms with van der Waals surface area (Å²) in [6, 6.07) is 10.1. The number of esters is 1. The van der Waals surface area contributed by atoms with Crippen molar-refractivity contribution in [1.82, 2.24) is 9.97 Å². The summed E-state index contributed by atoms with van der Waals surface area (Å²) in [5, 5.41) is 4.27. The molecule has 1 aromatic carbocycles. The van der Waals surface area contributed by atoms with Crippen LogP contribution in [0.25, 0.3) is 10.6 Å². The molecule has 3 aromatic rings. The lowest BCUT2D eigenvalue weighted by atomic mass is 10.2. The summed E-state index contributed by atoms with van der Waals surface area (Å²) in [5.74, 6) is -1.74. The van der Waals surface area contributed by atoms with E-state index in [-0.39, 0.29) is 17.3 Å². The van der Waals surface area contributed by atoms with E-state index in [2.05, 4.69) is 15.3 Å². The Morgan fingerprint density at radius 3 is 2.60 bits per heavy atom. The number of rotatable bonds is 6. The highest BCUT2D eigenvalue weighted by atomic mass is 35.5. The molecule has 30 heavy (non-hydrogen) atoms. The Morgan fingerprint density at radius 1 is 1.20 bits per heavy atom. The van der Waals surface area contributed by atoms with Gasteiger partial charge in [0.1, 0.15) is 5.01 Å². The van der Waals surface area contributed by atoms with E-state index in [4.69, 9.17) is 16.3 Å². The fourth-order valence-corrected chi connectivity index (χ4v) is 3.34. The van der Waals surface area contributed by atoms with Gasteiger partial charge in [0.05, 0.1) is 22.7 Å². The number of thiazole rings is 1. The standard InChI is InChI=1S/C19H13ClF3N3O3S/c20-14-6-12(19(21,22)23)8-24-17(14)26-15(27)9-29-16(28)7-13-10-30-18(25-13)11-4-2-1-3-5-11/h1-6,8,10H,7,9H2,(H,24,26,27). The lowest BCUT2D eigenvalue weighted by Crippen LogP contribution is -2.22. The fraction of sp³-hybridized carbons (Fsp3) is 0.158. The molecule has 6 nitrogen and oxygen atoms in total. The second-order valence-electron chi connectivity index (χ2n) is 5.95. The molecule has 0 fully saturated rings. The number of alkyl halides is 3. The number of pyridine rings is 1. The van der Waals surface area contributed by atoms with Crippen molar-refractivity contribution in [2.75, 3.05) is 11.9 Å². The average Bonchev–Trinajstić information content (AvgIpc) is 3.16. The number of anilines is 1. The number of amides is 1. The number of nitrogens with one attached hydrogen (secondary N) is 1. The van der Waals surface area contributed by atoms with Gasteiger partial charge < -0.3 is 10.1 Å². The van der Waals surface area contributed by atoms with Crippen molar-refractivity contribution in [3.05, 3.63) is 64.3 Å². The van der Waals surface area contributed by atoms with Crippen molar-refractivity contribution in [2.45, 2.75) is 12.6 Å². The minimum absolute atomic E-state index is 0.129. The van der Waals surface area contributed by atoms with Gasteiger partial charge in [-0.3, -0.25) is 9.59 Å². The van der Waals surface area contributed by atoms with Gasteiger partial charge in [0.2, 0.25) is 0 Å². The molecular formula is C19H13ClF3N3O3S. The van der Waals surface area contributed by atoms with E-state index in [1.54, 1.807) is 5.38 Å². The van der Waals surface area contributed by atoms with Crippen LogP contribution in [-0.4, -0.2) is 28.5 Å². The summed E-state index contributed by atoms with van der Waals surface area (Å²) in [7, 11) is 0. The smallest absolute Gasteiger partial charge is 0.417 e. The van der Waals surface area contributed by atoms with Crippen LogP contribution in [0.2, 0.25) is 5.02 Å². The average molecular weight is 456 g/mol. The maximum atomic E-state index is 12.6. The van der Waals surface area contributed by atoms with Gasteiger partial charge in [-0.2, -0.15) is 13.2 Å². The summed E-state index contributed by atoms with van der Waals surface area (Å²) in [6.45, 7) is -0.645. The lowest BCUT2D eigenvalue weighted by molar-refractivity contribution is -0.146. The predicted octanol–water partition coefficient (Wildman–Crippen LogP) is 4.60. The van der Waals surface area contributed by atoms with E-state index in [1.165, 1.54) is 11.3 Å². The summed E-state index contributed by atoms with van der Waals surface area (Å²) >= 11 is 7.08. The van der Waals surface area contributed by atoms with Crippen molar-refractivity contribution < 1.29 is 27.5 Å². The molecule has 156 valence electrons. The first kappa shape index (κ1) is 21.7. The molecular weight excluding hydrogens is 443 g/mol. The van der Waals surface area contributed by atoms with Gasteiger partial charge in [-0.1, -0.05) is 41.9 Å². The molecule has 2 aromatic heterocycles. The minimum Gasteiger partial charge on any atom is -0.455 e. The SMILES string of the molecule is O=C(COC(=O)Cc1csc(-c2ccccc2)n1)Nc1ncc(C(F)(F)F)cc1Cl. The zero-order valence-corrected chi connectivity index (χ0v) is 16.6. The van der Waals surface area contributed by atoms with E-state index in [0.717, 1.165) is 10.6 Å². The highest BCUT2D eigenvalue weighted by Gasteiger charge is 2.31. The van der Waals surface area contributed by atoms with E-state index in [0.29, 0.717) is 18.0 Å². The Bertz CT molecular complexity index is 1060. The third kappa shape index (κ3) is 5.77. The first-order chi connectivity index (χ1) is 14.2. The lowest BCUT2D eigenvalue weighted by Gasteiger charge is -2.10. The molecule has 0 aliphatic rings. The highest BCUT2D eigenvalue weighted by molar-refractivity contribution is 7.13. The van der Waals surface area contributed by atoms with Gasteiger partial charge in [0.15, 0.2) is 12.4 Å². The van der Waals surface area contributed by atoms with Crippen molar-refractivity contribution >= 4 is 40.6 Å². The van der Waals surface area contributed by atoms with Crippen LogP contribution < -0.4 is 5.32 Å². The second kappa shape index (κ2) is 9.23. The highest BCUT2D eigenvalue weighted by Crippen LogP contribution is 2.32. The van der Waals surface area contributed by atoms with Gasteiger partial charge in [0.25, 0.3) is 5.91 Å². The van der Waals surface area contributed by atoms with E-state index >= 15 is 0 Å². The van der Waals surface area contributed by atoms with Gasteiger partial charge in [-0.25, -0.2) is 9.97 Å². The van der Waals surface area contributed by atoms with Crippen LogP contribution in [0.15, 0.2) is 48.0 Å². The molecule has 2 heterocycles. The van der Waals surface area contributed by atoms with Crippen LogP contribution in [-0.2, 0) is 26.9 Å². The second-order valence-corrected chi connectivity index (χ2v) is 7.21. The van der Waals surface area contributed by atoms with Crippen LogP contribution >= 0.6 is 22.9 Å². The van der Waals surface area contributed by atoms with Crippen molar-refractivity contribution in [2.24, 2.45) is 0 Å². The van der Waals surface area contributed by atoms with Gasteiger partial charge in [-0.05, 0) is 6.07 Å². The number of hydrogen-bond acceptors (Lipinski definition) is 6. The van der Waals surface area contributed by atoms with E-state index < -0.39 is 30.2 Å². The number of benzene rings is 1. The van der Waals surface area contributed by atoms with Crippen LogP contribution in [0.3, 0.4) is 0 Å². The Morgan fingerprint density at radius 2 is 1.93 bits per heavy atom. The fourth-order valence-electron chi connectivity index (χ4n) is 2.30. The van der Waals surface area contributed by atoms with Crippen LogP contribution in [0, 0.1) is 0 Å². The van der Waals surface area contributed by atoms with Gasteiger partial charge in [-0.15, -0.1) is 11.3 Å². The molecule has 0 atom stereocenters. The molecule has 0 spiro atoms. The van der Waals surface area contributed by atoms with Crippen LogP contribution in [0.1, 0.15) is 11.3 Å². The first-order valence-electron chi connectivity index (χ1n) is 8.40. The number of ether oxygens (including phenoxy) is 1.